The zero-order valence-electron chi connectivity index (χ0n) is 12.9. The number of carbonyl (C=O) groups excluding carboxylic acids is 1. The first kappa shape index (κ1) is 15.3. The molecule has 1 aromatic carbocycles. The summed E-state index contributed by atoms with van der Waals surface area (Å²) < 4.78 is 5.37. The summed E-state index contributed by atoms with van der Waals surface area (Å²) >= 11 is 0. The number of aliphatic hydroxyl groups is 1. The fraction of sp³-hybridized carbons (Fsp3) is 0.588. The van der Waals surface area contributed by atoms with Gasteiger partial charge in [-0.2, -0.15) is 0 Å². The van der Waals surface area contributed by atoms with E-state index < -0.39 is 5.60 Å². The van der Waals surface area contributed by atoms with Gasteiger partial charge in [-0.1, -0.05) is 31.7 Å². The van der Waals surface area contributed by atoms with Crippen LogP contribution >= 0.6 is 0 Å². The van der Waals surface area contributed by atoms with Gasteiger partial charge in [0.05, 0.1) is 18.8 Å². The Morgan fingerprint density at radius 1 is 1.14 bits per heavy atom. The SMILES string of the molecule is O=C(NCC1(O)CCCCCC1)Nc1ccc2c(c1)COC2. The van der Waals surface area contributed by atoms with Gasteiger partial charge in [0.1, 0.15) is 0 Å². The number of hydrogen-bond acceptors (Lipinski definition) is 3. The highest BCUT2D eigenvalue weighted by Crippen LogP contribution is 2.26. The Hall–Kier alpha value is -1.59. The Bertz CT molecular complexity index is 537. The Morgan fingerprint density at radius 3 is 2.64 bits per heavy atom. The van der Waals surface area contributed by atoms with Crippen LogP contribution in [0.2, 0.25) is 0 Å². The van der Waals surface area contributed by atoms with Gasteiger partial charge < -0.3 is 20.5 Å². The summed E-state index contributed by atoms with van der Waals surface area (Å²) in [4.78, 5) is 12.0. The average Bonchev–Trinajstić information content (AvgIpc) is 2.86. The molecule has 1 fully saturated rings. The normalized spacial score (nSPS) is 20.0. The molecule has 1 heterocycles. The minimum Gasteiger partial charge on any atom is -0.388 e. The summed E-state index contributed by atoms with van der Waals surface area (Å²) in [6.45, 7) is 1.56. The van der Waals surface area contributed by atoms with Crippen LogP contribution in [0.1, 0.15) is 49.7 Å². The van der Waals surface area contributed by atoms with Crippen molar-refractivity contribution in [3.63, 3.8) is 0 Å². The summed E-state index contributed by atoms with van der Waals surface area (Å²) in [5.41, 5.74) is 2.31. The highest BCUT2D eigenvalue weighted by molar-refractivity contribution is 5.89. The molecule has 2 aliphatic rings. The molecule has 0 unspecified atom stereocenters. The lowest BCUT2D eigenvalue weighted by molar-refractivity contribution is 0.0281. The number of amides is 2. The lowest BCUT2D eigenvalue weighted by Crippen LogP contribution is -2.44. The van der Waals surface area contributed by atoms with Gasteiger partial charge in [0, 0.05) is 12.2 Å². The number of hydrogen-bond donors (Lipinski definition) is 3. The van der Waals surface area contributed by atoms with E-state index in [1.54, 1.807) is 0 Å². The molecule has 0 spiro atoms. The van der Waals surface area contributed by atoms with E-state index in [-0.39, 0.29) is 6.03 Å². The molecule has 1 aliphatic heterocycles. The minimum atomic E-state index is -0.750. The molecule has 1 aliphatic carbocycles. The number of anilines is 1. The molecule has 3 rings (SSSR count). The van der Waals surface area contributed by atoms with Gasteiger partial charge in [0.2, 0.25) is 0 Å². The molecule has 1 aromatic rings. The van der Waals surface area contributed by atoms with Crippen molar-refractivity contribution in [1.29, 1.82) is 0 Å². The van der Waals surface area contributed by atoms with Crippen molar-refractivity contribution < 1.29 is 14.6 Å². The Morgan fingerprint density at radius 2 is 1.86 bits per heavy atom. The van der Waals surface area contributed by atoms with Gasteiger partial charge in [-0.3, -0.25) is 0 Å². The molecule has 22 heavy (non-hydrogen) atoms. The molecule has 0 bridgehead atoms. The maximum absolute atomic E-state index is 12.0. The van der Waals surface area contributed by atoms with Crippen molar-refractivity contribution in [1.82, 2.24) is 5.32 Å². The molecular weight excluding hydrogens is 280 g/mol. The van der Waals surface area contributed by atoms with Crippen LogP contribution in [0.25, 0.3) is 0 Å². The second-order valence-corrected chi connectivity index (χ2v) is 6.42. The molecule has 3 N–H and O–H groups in total. The average molecular weight is 304 g/mol. The fourth-order valence-corrected chi connectivity index (χ4v) is 3.23. The van der Waals surface area contributed by atoms with Crippen LogP contribution in [0.15, 0.2) is 18.2 Å². The molecule has 0 atom stereocenters. The first-order chi connectivity index (χ1) is 10.6. The number of rotatable bonds is 3. The van der Waals surface area contributed by atoms with Gasteiger partial charge in [-0.25, -0.2) is 4.79 Å². The van der Waals surface area contributed by atoms with Crippen LogP contribution in [-0.2, 0) is 18.0 Å². The largest absolute Gasteiger partial charge is 0.388 e. The van der Waals surface area contributed by atoms with Crippen LogP contribution < -0.4 is 10.6 Å². The van der Waals surface area contributed by atoms with Gasteiger partial charge in [0.15, 0.2) is 0 Å². The molecular formula is C17H24N2O3. The van der Waals surface area contributed by atoms with Crippen LogP contribution in [0.5, 0.6) is 0 Å². The zero-order chi connectivity index (χ0) is 15.4. The van der Waals surface area contributed by atoms with Crippen molar-refractivity contribution in [3.8, 4) is 0 Å². The molecule has 2 amide bonds. The van der Waals surface area contributed by atoms with E-state index in [0.29, 0.717) is 19.8 Å². The van der Waals surface area contributed by atoms with Crippen LogP contribution in [0.3, 0.4) is 0 Å². The molecule has 0 aromatic heterocycles. The first-order valence-corrected chi connectivity index (χ1v) is 8.11. The summed E-state index contributed by atoms with van der Waals surface area (Å²) in [6.07, 6.45) is 5.94. The Labute approximate surface area is 131 Å². The second-order valence-electron chi connectivity index (χ2n) is 6.42. The lowest BCUT2D eigenvalue weighted by atomic mass is 9.95. The standard InChI is InChI=1S/C17H24N2O3/c20-16(18-12-17(21)7-3-1-2-4-8-17)19-15-6-5-13-10-22-11-14(13)9-15/h5-6,9,21H,1-4,7-8,10-12H2,(H2,18,19,20). The van der Waals surface area contributed by atoms with Crippen LogP contribution in [0.4, 0.5) is 10.5 Å². The lowest BCUT2D eigenvalue weighted by Gasteiger charge is -2.26. The number of fused-ring (bicyclic) bond motifs is 1. The highest BCUT2D eigenvalue weighted by Gasteiger charge is 2.28. The molecule has 1 saturated carbocycles. The predicted molar refractivity (Wildman–Crippen MR) is 84.6 cm³/mol. The maximum Gasteiger partial charge on any atom is 0.319 e. The van der Waals surface area contributed by atoms with E-state index in [4.69, 9.17) is 4.74 Å². The topological polar surface area (TPSA) is 70.6 Å². The Balaban J connectivity index is 1.52. The highest BCUT2D eigenvalue weighted by atomic mass is 16.5. The molecule has 0 saturated heterocycles. The number of benzene rings is 1. The van der Waals surface area contributed by atoms with E-state index >= 15 is 0 Å². The van der Waals surface area contributed by atoms with Crippen molar-refractivity contribution in [2.24, 2.45) is 0 Å². The van der Waals surface area contributed by atoms with Crippen LogP contribution in [-0.4, -0.2) is 23.3 Å². The Kier molecular flexibility index (Phi) is 4.64. The molecule has 0 radical (unpaired) electrons. The van der Waals surface area contributed by atoms with Gasteiger partial charge >= 0.3 is 6.03 Å². The van der Waals surface area contributed by atoms with Gasteiger partial charge in [0.25, 0.3) is 0 Å². The first-order valence-electron chi connectivity index (χ1n) is 8.11. The van der Waals surface area contributed by atoms with E-state index in [2.05, 4.69) is 10.6 Å². The van der Waals surface area contributed by atoms with Crippen molar-refractivity contribution >= 4 is 11.7 Å². The summed E-state index contributed by atoms with van der Waals surface area (Å²) in [5.74, 6) is 0. The second kappa shape index (κ2) is 6.67. The maximum atomic E-state index is 12.0. The smallest absolute Gasteiger partial charge is 0.319 e. The molecule has 5 nitrogen and oxygen atoms in total. The van der Waals surface area contributed by atoms with E-state index in [0.717, 1.165) is 36.9 Å². The monoisotopic (exact) mass is 304 g/mol. The number of ether oxygens (including phenoxy) is 1. The van der Waals surface area contributed by atoms with E-state index in [1.165, 1.54) is 18.4 Å². The zero-order valence-corrected chi connectivity index (χ0v) is 12.9. The minimum absolute atomic E-state index is 0.267. The van der Waals surface area contributed by atoms with Crippen molar-refractivity contribution in [2.75, 3.05) is 11.9 Å². The third-order valence-electron chi connectivity index (χ3n) is 4.59. The summed E-state index contributed by atoms with van der Waals surface area (Å²) in [7, 11) is 0. The van der Waals surface area contributed by atoms with Crippen LogP contribution in [0, 0.1) is 0 Å². The van der Waals surface area contributed by atoms with Crippen molar-refractivity contribution in [2.45, 2.75) is 57.3 Å². The third-order valence-corrected chi connectivity index (χ3v) is 4.59. The molecule has 5 heteroatoms. The number of carbonyl (C=O) groups is 1. The molecule has 120 valence electrons. The number of urea groups is 1. The van der Waals surface area contributed by atoms with Crippen molar-refractivity contribution in [3.05, 3.63) is 29.3 Å². The van der Waals surface area contributed by atoms with E-state index in [1.807, 2.05) is 18.2 Å². The fourth-order valence-electron chi connectivity index (χ4n) is 3.23. The van der Waals surface area contributed by atoms with Gasteiger partial charge in [-0.15, -0.1) is 0 Å². The van der Waals surface area contributed by atoms with Gasteiger partial charge in [-0.05, 0) is 36.1 Å². The quantitative estimate of drug-likeness (QED) is 0.752. The third kappa shape index (κ3) is 3.78. The summed E-state index contributed by atoms with van der Waals surface area (Å²) in [5, 5.41) is 16.2. The van der Waals surface area contributed by atoms with E-state index in [9.17, 15) is 9.90 Å². The summed E-state index contributed by atoms with van der Waals surface area (Å²) in [6, 6.07) is 5.54. The predicted octanol–water partition coefficient (Wildman–Crippen LogP) is 2.92. The number of nitrogens with one attached hydrogen (secondary N) is 2.